The first-order chi connectivity index (χ1) is 16.3. The van der Waals surface area contributed by atoms with Crippen molar-refractivity contribution in [2.45, 2.75) is 91.1 Å². The van der Waals surface area contributed by atoms with Crippen molar-refractivity contribution < 1.29 is 14.7 Å². The van der Waals surface area contributed by atoms with Gasteiger partial charge in [0.25, 0.3) is 0 Å². The Bertz CT molecular complexity index is 947. The van der Waals surface area contributed by atoms with E-state index in [-0.39, 0.29) is 0 Å². The molecule has 0 radical (unpaired) electrons. The summed E-state index contributed by atoms with van der Waals surface area (Å²) in [6.45, 7) is 9.69. The summed E-state index contributed by atoms with van der Waals surface area (Å²) in [5.74, 6) is 0. The molecule has 0 fully saturated rings. The van der Waals surface area contributed by atoms with Gasteiger partial charge in [-0.2, -0.15) is 12.1 Å². The molecule has 0 aliphatic heterocycles. The van der Waals surface area contributed by atoms with Gasteiger partial charge in [0, 0.05) is 0 Å². The maximum absolute atomic E-state index is 4.97. The number of hydrogen-bond acceptors (Lipinski definition) is 0. The Morgan fingerprint density at radius 3 is 1.79 bits per heavy atom. The first kappa shape index (κ1) is 30.1. The van der Waals surface area contributed by atoms with Gasteiger partial charge in [-0.3, -0.25) is 0 Å². The van der Waals surface area contributed by atoms with Crippen LogP contribution in [0.3, 0.4) is 0 Å². The van der Waals surface area contributed by atoms with E-state index in [9.17, 15) is 0 Å². The van der Waals surface area contributed by atoms with Gasteiger partial charge in [0.15, 0.2) is 0 Å². The normalized spacial score (nSPS) is 11.4. The topological polar surface area (TPSA) is 0 Å². The van der Waals surface area contributed by atoms with Crippen molar-refractivity contribution in [3.05, 3.63) is 65.7 Å². The molecule has 0 saturated carbocycles. The fraction of sp³-hybridized carbons (Fsp3) is 0.483. The van der Waals surface area contributed by atoms with E-state index >= 15 is 0 Å². The third-order valence-electron chi connectivity index (χ3n) is 6.77. The molecular weight excluding hydrogens is 531 g/mol. The van der Waals surface area contributed by atoms with E-state index in [1.807, 2.05) is 0 Å². The van der Waals surface area contributed by atoms with E-state index in [1.54, 1.807) is 21.5 Å². The van der Waals surface area contributed by atoms with Crippen LogP contribution in [0.4, 0.5) is 0 Å². The number of aryl methyl sites for hydroxylation is 2. The summed E-state index contributed by atoms with van der Waals surface area (Å²) in [5, 5.41) is 6.08. The molecule has 0 aliphatic carbocycles. The second kappa shape index (κ2) is 15.9. The maximum atomic E-state index is 4.97. The predicted octanol–water partition coefficient (Wildman–Crippen LogP) is 9.69. The molecule has 3 aromatic rings. The molecule has 0 atom stereocenters. The Balaban J connectivity index is 0.000000945. The molecule has 0 spiro atoms. The summed E-state index contributed by atoms with van der Waals surface area (Å²) < 4.78 is 0. The van der Waals surface area contributed by atoms with Gasteiger partial charge in [-0.25, -0.2) is 0 Å². The fourth-order valence-corrected chi connectivity index (χ4v) is 7.58. The molecule has 0 aromatic heterocycles. The van der Waals surface area contributed by atoms with Crippen LogP contribution in [-0.4, -0.2) is 8.07 Å². The van der Waals surface area contributed by atoms with Gasteiger partial charge >= 0.3 is 42.6 Å². The zero-order valence-corrected chi connectivity index (χ0v) is 26.2. The van der Waals surface area contributed by atoms with Gasteiger partial charge in [-0.05, 0) is 36.8 Å². The summed E-state index contributed by atoms with van der Waals surface area (Å²) in [4.78, 5) is 0. The van der Waals surface area contributed by atoms with E-state index in [4.69, 9.17) is 27.9 Å². The van der Waals surface area contributed by atoms with Crippen molar-refractivity contribution in [1.29, 1.82) is 0 Å². The van der Waals surface area contributed by atoms with Gasteiger partial charge < -0.3 is 0 Å². The van der Waals surface area contributed by atoms with Crippen molar-refractivity contribution in [2.75, 3.05) is 0 Å². The molecule has 34 heavy (non-hydrogen) atoms. The third kappa shape index (κ3) is 9.72. The Morgan fingerprint density at radius 1 is 0.735 bits per heavy atom. The SMILES string of the molecule is CCCCCCc1cc(CCCCCC)cc([Si](C)(C)[c-]2ccc3ccccc32)c1.[Cl][Ti+]([Cl])[Cl]. The second-order valence-electron chi connectivity index (χ2n) is 9.83. The minimum absolute atomic E-state index is 1.24. The van der Waals surface area contributed by atoms with Gasteiger partial charge in [-0.1, -0.05) is 94.9 Å². The molecule has 0 N–H and O–H groups in total. The summed E-state index contributed by atoms with van der Waals surface area (Å²) >= 11 is -1.92. The third-order valence-corrected chi connectivity index (χ3v) is 10.3. The van der Waals surface area contributed by atoms with E-state index in [2.05, 4.69) is 81.5 Å². The van der Waals surface area contributed by atoms with E-state index in [0.717, 1.165) is 0 Å². The molecule has 0 unspecified atom stereocenters. The van der Waals surface area contributed by atoms with Crippen LogP contribution in [0.25, 0.3) is 10.8 Å². The zero-order chi connectivity index (χ0) is 25.0. The van der Waals surface area contributed by atoms with Crippen LogP contribution in [0, 0.1) is 0 Å². The number of benzene rings is 2. The average Bonchev–Trinajstić information content (AvgIpc) is 3.24. The van der Waals surface area contributed by atoms with Crippen molar-refractivity contribution in [3.63, 3.8) is 0 Å². The monoisotopic (exact) mass is 570 g/mol. The van der Waals surface area contributed by atoms with Gasteiger partial charge in [-0.15, -0.1) is 34.2 Å². The Morgan fingerprint density at radius 2 is 1.26 bits per heavy atom. The van der Waals surface area contributed by atoms with Crippen LogP contribution in [0.1, 0.15) is 76.3 Å². The summed E-state index contributed by atoms with van der Waals surface area (Å²) in [7, 11) is 13.2. The summed E-state index contributed by atoms with van der Waals surface area (Å²) in [6, 6.07) is 21.3. The molecule has 0 amide bonds. The second-order valence-corrected chi connectivity index (χ2v) is 21.9. The van der Waals surface area contributed by atoms with Crippen molar-refractivity contribution >= 4 is 57.1 Å². The van der Waals surface area contributed by atoms with Crippen molar-refractivity contribution in [1.82, 2.24) is 0 Å². The molecule has 0 bridgehead atoms. The molecule has 0 aliphatic rings. The number of halogens is 3. The Kier molecular flexibility index (Phi) is 14.0. The first-order valence-electron chi connectivity index (χ1n) is 12.9. The van der Waals surface area contributed by atoms with Gasteiger partial charge in [0.05, 0.1) is 8.07 Å². The van der Waals surface area contributed by atoms with Crippen LogP contribution < -0.4 is 10.4 Å². The molecule has 5 heteroatoms. The molecule has 3 rings (SSSR count). The van der Waals surface area contributed by atoms with Crippen LogP contribution in [0.5, 0.6) is 0 Å². The first-order valence-corrected chi connectivity index (χ1v) is 22.4. The van der Waals surface area contributed by atoms with Crippen LogP contribution in [0.15, 0.2) is 54.6 Å². The van der Waals surface area contributed by atoms with Crippen LogP contribution >= 0.6 is 27.9 Å². The van der Waals surface area contributed by atoms with Gasteiger partial charge in [0.1, 0.15) is 0 Å². The number of hydrogen-bond donors (Lipinski definition) is 0. The molecule has 0 saturated heterocycles. The molecule has 3 aromatic carbocycles. The summed E-state index contributed by atoms with van der Waals surface area (Å²) in [6.07, 6.45) is 13.2. The summed E-state index contributed by atoms with van der Waals surface area (Å²) in [5.41, 5.74) is 3.15. The Labute approximate surface area is 227 Å². The van der Waals surface area contributed by atoms with Gasteiger partial charge in [0.2, 0.25) is 0 Å². The van der Waals surface area contributed by atoms with E-state index in [0.29, 0.717) is 0 Å². The number of fused-ring (bicyclic) bond motifs is 1. The van der Waals surface area contributed by atoms with E-state index in [1.165, 1.54) is 75.0 Å². The standard InChI is InChI=1S/C29H41Si.3ClH.Ti/c1-5-7-9-11-15-24-21-25(16-12-10-8-6-2)23-27(22-24)30(3,4)29-20-19-26-17-13-14-18-28(26)29;;;;/h13-14,17-23H,5-12,15-16H2,1-4H3;3*1H;/q-1;;;;+4/p-3. The molecular formula is C29H41Cl3SiTi. The predicted molar refractivity (Wildman–Crippen MR) is 156 cm³/mol. The molecule has 186 valence electrons. The molecule has 0 nitrogen and oxygen atoms in total. The minimum atomic E-state index is -1.92. The molecule has 0 heterocycles. The fourth-order valence-electron chi connectivity index (χ4n) is 4.77. The van der Waals surface area contributed by atoms with E-state index < -0.39 is 22.8 Å². The van der Waals surface area contributed by atoms with Crippen molar-refractivity contribution in [2.24, 2.45) is 0 Å². The van der Waals surface area contributed by atoms with Crippen LogP contribution in [-0.2, 0) is 27.5 Å². The number of unbranched alkanes of at least 4 members (excludes halogenated alkanes) is 6. The quantitative estimate of drug-likeness (QED) is 0.115. The zero-order valence-electron chi connectivity index (χ0n) is 21.4. The Hall–Kier alpha value is -0.149. The number of rotatable bonds is 12. The van der Waals surface area contributed by atoms with Crippen molar-refractivity contribution in [3.8, 4) is 0 Å². The van der Waals surface area contributed by atoms with Crippen LogP contribution in [0.2, 0.25) is 13.1 Å². The average molecular weight is 572 g/mol.